The standard InChI is InChI=1S/C13H15ClOS/c14-7-3-8-15-9-6-11-10-16-13-5-2-1-4-12(11)13/h1-2,4-5,10H,3,6-9H2. The summed E-state index contributed by atoms with van der Waals surface area (Å²) in [6.07, 6.45) is 1.93. The number of fused-ring (bicyclic) bond motifs is 1. The molecular weight excluding hydrogens is 240 g/mol. The van der Waals surface area contributed by atoms with Crippen LogP contribution in [-0.4, -0.2) is 19.1 Å². The zero-order valence-corrected chi connectivity index (χ0v) is 10.7. The highest BCUT2D eigenvalue weighted by molar-refractivity contribution is 7.17. The summed E-state index contributed by atoms with van der Waals surface area (Å²) in [6, 6.07) is 8.52. The topological polar surface area (TPSA) is 9.23 Å². The van der Waals surface area contributed by atoms with Gasteiger partial charge in [0.05, 0.1) is 6.61 Å². The summed E-state index contributed by atoms with van der Waals surface area (Å²) in [5.74, 6) is 0.682. The van der Waals surface area contributed by atoms with Crippen LogP contribution in [0.25, 0.3) is 10.1 Å². The molecule has 0 saturated heterocycles. The molecule has 0 unspecified atom stereocenters. The Hall–Kier alpha value is -0.570. The second-order valence-corrected chi connectivity index (χ2v) is 4.95. The number of hydrogen-bond donors (Lipinski definition) is 0. The molecule has 1 heterocycles. The average Bonchev–Trinajstić information content (AvgIpc) is 2.73. The molecule has 0 fully saturated rings. The van der Waals surface area contributed by atoms with Gasteiger partial charge in [-0.2, -0.15) is 0 Å². The fourth-order valence-electron chi connectivity index (χ4n) is 1.67. The monoisotopic (exact) mass is 254 g/mol. The minimum atomic E-state index is 0.682. The molecule has 1 nitrogen and oxygen atoms in total. The molecule has 1 aromatic carbocycles. The summed E-state index contributed by atoms with van der Waals surface area (Å²) in [7, 11) is 0. The van der Waals surface area contributed by atoms with Gasteiger partial charge in [0.25, 0.3) is 0 Å². The van der Waals surface area contributed by atoms with Crippen LogP contribution in [0, 0.1) is 0 Å². The van der Waals surface area contributed by atoms with Crippen LogP contribution in [0.5, 0.6) is 0 Å². The molecule has 0 atom stereocenters. The van der Waals surface area contributed by atoms with E-state index in [1.165, 1.54) is 15.6 Å². The van der Waals surface area contributed by atoms with Crippen molar-refractivity contribution in [2.24, 2.45) is 0 Å². The Morgan fingerprint density at radius 3 is 2.94 bits per heavy atom. The van der Waals surface area contributed by atoms with Gasteiger partial charge in [-0.15, -0.1) is 22.9 Å². The minimum absolute atomic E-state index is 0.682. The highest BCUT2D eigenvalue weighted by Gasteiger charge is 2.02. The summed E-state index contributed by atoms with van der Waals surface area (Å²) in [5, 5.41) is 3.60. The van der Waals surface area contributed by atoms with E-state index in [1.807, 2.05) is 0 Å². The first-order chi connectivity index (χ1) is 7.92. The van der Waals surface area contributed by atoms with Crippen LogP contribution >= 0.6 is 22.9 Å². The molecule has 3 heteroatoms. The van der Waals surface area contributed by atoms with Crippen molar-refractivity contribution in [1.29, 1.82) is 0 Å². The normalized spacial score (nSPS) is 11.1. The van der Waals surface area contributed by atoms with Crippen LogP contribution in [0.15, 0.2) is 29.6 Å². The first-order valence-corrected chi connectivity index (χ1v) is 6.92. The van der Waals surface area contributed by atoms with E-state index in [9.17, 15) is 0 Å². The van der Waals surface area contributed by atoms with Gasteiger partial charge in [0.15, 0.2) is 0 Å². The van der Waals surface area contributed by atoms with E-state index in [2.05, 4.69) is 29.6 Å². The third-order valence-corrected chi connectivity index (χ3v) is 3.78. The molecule has 0 saturated carbocycles. The summed E-state index contributed by atoms with van der Waals surface area (Å²) in [5.41, 5.74) is 1.39. The lowest BCUT2D eigenvalue weighted by Crippen LogP contribution is -2.00. The van der Waals surface area contributed by atoms with E-state index in [1.54, 1.807) is 11.3 Å². The molecular formula is C13H15ClOS. The molecule has 0 radical (unpaired) electrons. The Labute approximate surface area is 105 Å². The van der Waals surface area contributed by atoms with E-state index < -0.39 is 0 Å². The van der Waals surface area contributed by atoms with Crippen LogP contribution in [-0.2, 0) is 11.2 Å². The average molecular weight is 255 g/mol. The highest BCUT2D eigenvalue weighted by Crippen LogP contribution is 2.25. The number of benzene rings is 1. The first-order valence-electron chi connectivity index (χ1n) is 5.50. The van der Waals surface area contributed by atoms with E-state index >= 15 is 0 Å². The zero-order chi connectivity index (χ0) is 11.2. The summed E-state index contributed by atoms with van der Waals surface area (Å²) in [6.45, 7) is 1.56. The molecule has 0 spiro atoms. The van der Waals surface area contributed by atoms with Crippen molar-refractivity contribution in [3.05, 3.63) is 35.2 Å². The maximum Gasteiger partial charge on any atom is 0.0506 e. The first kappa shape index (κ1) is 11.9. The third kappa shape index (κ3) is 2.97. The van der Waals surface area contributed by atoms with Crippen LogP contribution in [0.3, 0.4) is 0 Å². The predicted molar refractivity (Wildman–Crippen MR) is 71.7 cm³/mol. The van der Waals surface area contributed by atoms with Gasteiger partial charge >= 0.3 is 0 Å². The van der Waals surface area contributed by atoms with Crippen LogP contribution < -0.4 is 0 Å². The molecule has 0 aliphatic rings. The predicted octanol–water partition coefficient (Wildman–Crippen LogP) is 4.09. The van der Waals surface area contributed by atoms with Gasteiger partial charge < -0.3 is 4.74 Å². The molecule has 16 heavy (non-hydrogen) atoms. The Kier molecular flexibility index (Phi) is 4.64. The van der Waals surface area contributed by atoms with Gasteiger partial charge in [-0.3, -0.25) is 0 Å². The lowest BCUT2D eigenvalue weighted by Gasteiger charge is -2.02. The second-order valence-electron chi connectivity index (χ2n) is 3.66. The third-order valence-electron chi connectivity index (χ3n) is 2.50. The zero-order valence-electron chi connectivity index (χ0n) is 9.12. The minimum Gasteiger partial charge on any atom is -0.381 e. The molecule has 86 valence electrons. The molecule has 1 aromatic heterocycles. The molecule has 0 N–H and O–H groups in total. The molecule has 0 amide bonds. The summed E-state index contributed by atoms with van der Waals surface area (Å²) < 4.78 is 6.88. The van der Waals surface area contributed by atoms with E-state index in [0.717, 1.165) is 26.1 Å². The van der Waals surface area contributed by atoms with Crippen molar-refractivity contribution in [1.82, 2.24) is 0 Å². The fourth-order valence-corrected chi connectivity index (χ4v) is 2.77. The molecule has 0 aliphatic carbocycles. The largest absolute Gasteiger partial charge is 0.381 e. The Morgan fingerprint density at radius 1 is 1.19 bits per heavy atom. The van der Waals surface area contributed by atoms with Gasteiger partial charge in [0, 0.05) is 17.2 Å². The summed E-state index contributed by atoms with van der Waals surface area (Å²) >= 11 is 7.39. The van der Waals surface area contributed by atoms with Gasteiger partial charge in [-0.05, 0) is 35.2 Å². The van der Waals surface area contributed by atoms with Crippen molar-refractivity contribution in [3.8, 4) is 0 Å². The maximum atomic E-state index is 5.58. The molecule has 0 aliphatic heterocycles. The van der Waals surface area contributed by atoms with Gasteiger partial charge in [0.2, 0.25) is 0 Å². The van der Waals surface area contributed by atoms with Gasteiger partial charge in [-0.25, -0.2) is 0 Å². The van der Waals surface area contributed by atoms with Crippen molar-refractivity contribution in [2.45, 2.75) is 12.8 Å². The van der Waals surface area contributed by atoms with Crippen LogP contribution in [0.4, 0.5) is 0 Å². The van der Waals surface area contributed by atoms with Gasteiger partial charge in [0.1, 0.15) is 0 Å². The second kappa shape index (κ2) is 6.24. The van der Waals surface area contributed by atoms with E-state index in [4.69, 9.17) is 16.3 Å². The lowest BCUT2D eigenvalue weighted by atomic mass is 10.1. The quantitative estimate of drug-likeness (QED) is 0.557. The number of hydrogen-bond acceptors (Lipinski definition) is 2. The number of rotatable bonds is 6. The van der Waals surface area contributed by atoms with Crippen molar-refractivity contribution >= 4 is 33.0 Å². The Morgan fingerprint density at radius 2 is 2.06 bits per heavy atom. The molecule has 2 rings (SSSR count). The van der Waals surface area contributed by atoms with Crippen LogP contribution in [0.2, 0.25) is 0 Å². The van der Waals surface area contributed by atoms with E-state index in [0.29, 0.717) is 5.88 Å². The lowest BCUT2D eigenvalue weighted by molar-refractivity contribution is 0.138. The fraction of sp³-hybridized carbons (Fsp3) is 0.385. The number of alkyl halides is 1. The molecule has 2 aromatic rings. The smallest absolute Gasteiger partial charge is 0.0506 e. The highest BCUT2D eigenvalue weighted by atomic mass is 35.5. The Balaban J connectivity index is 1.89. The summed E-state index contributed by atoms with van der Waals surface area (Å²) in [4.78, 5) is 0. The van der Waals surface area contributed by atoms with Crippen molar-refractivity contribution in [2.75, 3.05) is 19.1 Å². The number of halogens is 1. The van der Waals surface area contributed by atoms with Crippen LogP contribution in [0.1, 0.15) is 12.0 Å². The van der Waals surface area contributed by atoms with Crippen molar-refractivity contribution in [3.63, 3.8) is 0 Å². The molecule has 0 bridgehead atoms. The maximum absolute atomic E-state index is 5.58. The number of thiophene rings is 1. The SMILES string of the molecule is ClCCCOCCc1csc2ccccc12. The van der Waals surface area contributed by atoms with Gasteiger partial charge in [-0.1, -0.05) is 18.2 Å². The van der Waals surface area contributed by atoms with Crippen molar-refractivity contribution < 1.29 is 4.74 Å². The Bertz CT molecular complexity index is 438. The van der Waals surface area contributed by atoms with E-state index in [-0.39, 0.29) is 0 Å². The number of ether oxygens (including phenoxy) is 1.